The van der Waals surface area contributed by atoms with Crippen molar-refractivity contribution in [2.45, 2.75) is 70.6 Å². The molecule has 1 aliphatic heterocycles. The first-order valence-electron chi connectivity index (χ1n) is 7.74. The molecule has 2 rings (SSSR count). The summed E-state index contributed by atoms with van der Waals surface area (Å²) in [6.45, 7) is 4.49. The molecule has 0 saturated heterocycles. The molecule has 0 amide bonds. The third-order valence-electron chi connectivity index (χ3n) is 3.48. The molecule has 0 aromatic carbocycles. The highest BCUT2D eigenvalue weighted by Gasteiger charge is 2.27. The van der Waals surface area contributed by atoms with Crippen molar-refractivity contribution in [1.29, 1.82) is 0 Å². The molecule has 1 aromatic heterocycles. The Morgan fingerprint density at radius 2 is 1.95 bits per heavy atom. The van der Waals surface area contributed by atoms with E-state index >= 15 is 0 Å². The zero-order chi connectivity index (χ0) is 14.2. The topological polar surface area (TPSA) is 46.8 Å². The van der Waals surface area contributed by atoms with Crippen molar-refractivity contribution < 1.29 is 0 Å². The van der Waals surface area contributed by atoms with E-state index in [1.807, 2.05) is 11.8 Å². The van der Waals surface area contributed by atoms with E-state index in [2.05, 4.69) is 40.5 Å². The number of aromatic nitrogens is 4. The standard InChI is InChI=1S/C14H25N5S/c1-3-5-7-9-13-11-18(19-16-12-15-17-19)14(20-13)10-8-6-4-2/h11-12,14H,3-10H2,1-2H3. The largest absolute Gasteiger partial charge is 0.240 e. The van der Waals surface area contributed by atoms with Gasteiger partial charge in [0.25, 0.3) is 0 Å². The SMILES string of the molecule is CCCCCC1=CN(n2ncnn2)C(CCCCC)S1. The quantitative estimate of drug-likeness (QED) is 0.650. The summed E-state index contributed by atoms with van der Waals surface area (Å²) in [5.41, 5.74) is 0. The van der Waals surface area contributed by atoms with Crippen LogP contribution in [0.3, 0.4) is 0 Å². The van der Waals surface area contributed by atoms with E-state index in [1.165, 1.54) is 62.6 Å². The lowest BCUT2D eigenvalue weighted by Gasteiger charge is -2.21. The van der Waals surface area contributed by atoms with Gasteiger partial charge in [0.1, 0.15) is 5.37 Å². The molecule has 5 nitrogen and oxygen atoms in total. The summed E-state index contributed by atoms with van der Waals surface area (Å²) in [4.78, 5) is 3.08. The highest BCUT2D eigenvalue weighted by atomic mass is 32.2. The molecule has 20 heavy (non-hydrogen) atoms. The summed E-state index contributed by atoms with van der Waals surface area (Å²) >= 11 is 1.98. The van der Waals surface area contributed by atoms with Crippen molar-refractivity contribution in [3.8, 4) is 0 Å². The predicted molar refractivity (Wildman–Crippen MR) is 83.8 cm³/mol. The van der Waals surface area contributed by atoms with Gasteiger partial charge >= 0.3 is 0 Å². The molecule has 2 heterocycles. The average molecular weight is 295 g/mol. The van der Waals surface area contributed by atoms with Crippen molar-refractivity contribution in [2.75, 3.05) is 5.01 Å². The fraction of sp³-hybridized carbons (Fsp3) is 0.786. The monoisotopic (exact) mass is 295 g/mol. The Kier molecular flexibility index (Phi) is 6.36. The van der Waals surface area contributed by atoms with Crippen LogP contribution in [-0.2, 0) is 0 Å². The van der Waals surface area contributed by atoms with Crippen LogP contribution < -0.4 is 5.01 Å². The predicted octanol–water partition coefficient (Wildman–Crippen LogP) is 3.69. The van der Waals surface area contributed by atoms with Crippen LogP contribution in [-0.4, -0.2) is 25.7 Å². The van der Waals surface area contributed by atoms with Gasteiger partial charge in [-0.2, -0.15) is 0 Å². The van der Waals surface area contributed by atoms with Crippen molar-refractivity contribution in [3.63, 3.8) is 0 Å². The molecule has 6 heteroatoms. The van der Waals surface area contributed by atoms with Crippen LogP contribution in [0.15, 0.2) is 17.4 Å². The van der Waals surface area contributed by atoms with Crippen LogP contribution in [0.25, 0.3) is 0 Å². The molecular weight excluding hydrogens is 270 g/mol. The van der Waals surface area contributed by atoms with Gasteiger partial charge in [0.2, 0.25) is 0 Å². The lowest BCUT2D eigenvalue weighted by molar-refractivity contribution is 0.486. The van der Waals surface area contributed by atoms with Crippen LogP contribution in [0, 0.1) is 0 Å². The molecule has 0 aliphatic carbocycles. The fourth-order valence-corrected chi connectivity index (χ4v) is 3.68. The number of rotatable bonds is 9. The Balaban J connectivity index is 1.94. The molecule has 0 radical (unpaired) electrons. The highest BCUT2D eigenvalue weighted by Crippen LogP contribution is 2.37. The zero-order valence-corrected chi connectivity index (χ0v) is 13.3. The van der Waals surface area contributed by atoms with Crippen molar-refractivity contribution in [2.24, 2.45) is 0 Å². The maximum Gasteiger partial charge on any atom is 0.164 e. The number of nitrogens with zero attached hydrogens (tertiary/aromatic N) is 5. The molecule has 1 aromatic rings. The van der Waals surface area contributed by atoms with E-state index in [9.17, 15) is 0 Å². The first-order valence-corrected chi connectivity index (χ1v) is 8.62. The van der Waals surface area contributed by atoms with Gasteiger partial charge in [0, 0.05) is 11.1 Å². The van der Waals surface area contributed by atoms with Gasteiger partial charge in [-0.3, -0.25) is 0 Å². The van der Waals surface area contributed by atoms with Crippen LogP contribution in [0.2, 0.25) is 0 Å². The van der Waals surface area contributed by atoms with E-state index in [0.717, 1.165) is 0 Å². The second-order valence-corrected chi connectivity index (χ2v) is 6.51. The normalized spacial score (nSPS) is 18.6. The van der Waals surface area contributed by atoms with Crippen LogP contribution in [0.5, 0.6) is 0 Å². The molecule has 0 saturated carbocycles. The minimum atomic E-state index is 0.423. The molecule has 0 bridgehead atoms. The second-order valence-electron chi connectivity index (χ2n) is 5.20. The number of allylic oxidation sites excluding steroid dienone is 1. The third-order valence-corrected chi connectivity index (χ3v) is 4.82. The van der Waals surface area contributed by atoms with E-state index in [1.54, 1.807) is 4.91 Å². The van der Waals surface area contributed by atoms with Crippen LogP contribution in [0.4, 0.5) is 0 Å². The van der Waals surface area contributed by atoms with Crippen molar-refractivity contribution >= 4 is 11.8 Å². The summed E-state index contributed by atoms with van der Waals surface area (Å²) in [6, 6.07) is 0. The van der Waals surface area contributed by atoms with Crippen molar-refractivity contribution in [1.82, 2.24) is 20.3 Å². The maximum atomic E-state index is 4.17. The van der Waals surface area contributed by atoms with Gasteiger partial charge in [0.15, 0.2) is 6.33 Å². The van der Waals surface area contributed by atoms with Crippen molar-refractivity contribution in [3.05, 3.63) is 17.4 Å². The zero-order valence-electron chi connectivity index (χ0n) is 12.5. The minimum Gasteiger partial charge on any atom is -0.240 e. The summed E-state index contributed by atoms with van der Waals surface area (Å²) in [5, 5.41) is 14.6. The highest BCUT2D eigenvalue weighted by molar-refractivity contribution is 8.04. The molecule has 1 unspecified atom stereocenters. The Hall–Kier alpha value is -1.04. The van der Waals surface area contributed by atoms with Gasteiger partial charge in [-0.1, -0.05) is 50.9 Å². The number of hydrogen-bond acceptors (Lipinski definition) is 5. The van der Waals surface area contributed by atoms with Gasteiger partial charge in [0.05, 0.1) is 0 Å². The summed E-state index contributed by atoms with van der Waals surface area (Å²) < 4.78 is 0. The number of thioether (sulfide) groups is 1. The minimum absolute atomic E-state index is 0.423. The first-order chi connectivity index (χ1) is 9.85. The van der Waals surface area contributed by atoms with Gasteiger partial charge < -0.3 is 0 Å². The first kappa shape index (κ1) is 15.4. The van der Waals surface area contributed by atoms with E-state index in [-0.39, 0.29) is 0 Å². The Labute approximate surface area is 125 Å². The Bertz CT molecular complexity index is 404. The maximum absolute atomic E-state index is 4.17. The van der Waals surface area contributed by atoms with Gasteiger partial charge in [-0.15, -0.1) is 22.0 Å². The Morgan fingerprint density at radius 3 is 2.65 bits per heavy atom. The average Bonchev–Trinajstić information content (AvgIpc) is 3.08. The number of tetrazole rings is 1. The number of unbranched alkanes of at least 4 members (excludes halogenated alkanes) is 4. The lowest BCUT2D eigenvalue weighted by atomic mass is 10.2. The molecule has 0 fully saturated rings. The lowest BCUT2D eigenvalue weighted by Crippen LogP contribution is -2.36. The summed E-state index contributed by atoms with van der Waals surface area (Å²) in [5.74, 6) is 0. The van der Waals surface area contributed by atoms with Crippen LogP contribution in [0.1, 0.15) is 65.2 Å². The van der Waals surface area contributed by atoms with E-state index in [0.29, 0.717) is 5.37 Å². The third kappa shape index (κ3) is 4.23. The molecule has 1 atom stereocenters. The molecule has 0 N–H and O–H groups in total. The Morgan fingerprint density at radius 1 is 1.15 bits per heavy atom. The summed E-state index contributed by atoms with van der Waals surface area (Å²) in [6.07, 6.45) is 13.7. The summed E-state index contributed by atoms with van der Waals surface area (Å²) in [7, 11) is 0. The van der Waals surface area contributed by atoms with E-state index in [4.69, 9.17) is 0 Å². The molecule has 112 valence electrons. The van der Waals surface area contributed by atoms with E-state index < -0.39 is 0 Å². The molecule has 1 aliphatic rings. The second kappa shape index (κ2) is 8.29. The number of hydrogen-bond donors (Lipinski definition) is 0. The van der Waals surface area contributed by atoms with Crippen LogP contribution >= 0.6 is 11.8 Å². The van der Waals surface area contributed by atoms with Gasteiger partial charge in [-0.25, -0.2) is 5.01 Å². The fourth-order valence-electron chi connectivity index (χ4n) is 2.36. The molecular formula is C14H25N5S. The smallest absolute Gasteiger partial charge is 0.164 e. The molecule has 0 spiro atoms. The van der Waals surface area contributed by atoms with Gasteiger partial charge in [-0.05, 0) is 24.5 Å².